The molecule has 5 nitrogen and oxygen atoms in total. The largest absolute Gasteiger partial charge is 0.390 e. The Morgan fingerprint density at radius 1 is 1.64 bits per heavy atom. The highest BCUT2D eigenvalue weighted by Crippen LogP contribution is 2.24. The summed E-state index contributed by atoms with van der Waals surface area (Å²) in [6.07, 6.45) is -2.02. The highest BCUT2D eigenvalue weighted by atomic mass is 32.1. The van der Waals surface area contributed by atoms with Gasteiger partial charge in [0.2, 0.25) is 0 Å². The van der Waals surface area contributed by atoms with Crippen molar-refractivity contribution in [3.63, 3.8) is 0 Å². The number of azide groups is 1. The number of hydrogen-bond acceptors (Lipinski definition) is 4. The molecule has 0 amide bonds. The van der Waals surface area contributed by atoms with Gasteiger partial charge < -0.3 is 10.2 Å². The Labute approximate surface area is 85.3 Å². The van der Waals surface area contributed by atoms with Gasteiger partial charge in [-0.1, -0.05) is 5.11 Å². The second kappa shape index (κ2) is 4.97. The molecule has 2 N–H and O–H groups in total. The molecule has 2 unspecified atom stereocenters. The second-order valence-corrected chi connectivity index (χ2v) is 3.98. The quantitative estimate of drug-likeness (QED) is 0.453. The van der Waals surface area contributed by atoms with Gasteiger partial charge in [0, 0.05) is 9.79 Å². The molecular formula is C8H11N3O2S. The molecule has 6 heteroatoms. The third kappa shape index (κ3) is 2.46. The van der Waals surface area contributed by atoms with E-state index in [1.165, 1.54) is 11.3 Å². The molecule has 76 valence electrons. The third-order valence-corrected chi connectivity index (χ3v) is 2.78. The number of thiophene rings is 1. The first-order chi connectivity index (χ1) is 6.66. The SMILES string of the molecule is Cc1sccc1C(O)C(O)CN=[N+]=[N-]. The van der Waals surface area contributed by atoms with E-state index in [9.17, 15) is 10.2 Å². The lowest BCUT2D eigenvalue weighted by atomic mass is 10.1. The lowest BCUT2D eigenvalue weighted by Gasteiger charge is -2.15. The van der Waals surface area contributed by atoms with Gasteiger partial charge >= 0.3 is 0 Å². The summed E-state index contributed by atoms with van der Waals surface area (Å²) in [6, 6.07) is 1.75. The van der Waals surface area contributed by atoms with Gasteiger partial charge in [0.15, 0.2) is 0 Å². The van der Waals surface area contributed by atoms with Gasteiger partial charge in [0.05, 0.1) is 12.6 Å². The standard InChI is InChI=1S/C8H11N3O2S/c1-5-6(2-3-14-5)8(13)7(12)4-10-11-9/h2-3,7-8,12-13H,4H2,1H3. The lowest BCUT2D eigenvalue weighted by molar-refractivity contribution is 0.0243. The van der Waals surface area contributed by atoms with Crippen molar-refractivity contribution in [3.05, 3.63) is 32.3 Å². The fourth-order valence-electron chi connectivity index (χ4n) is 1.13. The predicted octanol–water partition coefficient (Wildman–Crippen LogP) is 1.76. The topological polar surface area (TPSA) is 89.2 Å². The van der Waals surface area contributed by atoms with Crippen molar-refractivity contribution in [3.8, 4) is 0 Å². The molecule has 0 radical (unpaired) electrons. The average Bonchev–Trinajstić information content (AvgIpc) is 2.59. The summed E-state index contributed by atoms with van der Waals surface area (Å²) in [5.74, 6) is 0. The van der Waals surface area contributed by atoms with E-state index in [1.807, 2.05) is 12.3 Å². The maximum Gasteiger partial charge on any atom is 0.106 e. The highest BCUT2D eigenvalue weighted by Gasteiger charge is 2.19. The molecule has 0 aliphatic carbocycles. The van der Waals surface area contributed by atoms with Crippen LogP contribution >= 0.6 is 11.3 Å². The van der Waals surface area contributed by atoms with Crippen molar-refractivity contribution in [1.29, 1.82) is 0 Å². The van der Waals surface area contributed by atoms with E-state index in [0.29, 0.717) is 5.56 Å². The maximum atomic E-state index is 9.66. The van der Waals surface area contributed by atoms with Crippen molar-refractivity contribution in [2.45, 2.75) is 19.1 Å². The van der Waals surface area contributed by atoms with Crippen molar-refractivity contribution >= 4 is 11.3 Å². The summed E-state index contributed by atoms with van der Waals surface area (Å²) in [6.45, 7) is 1.75. The van der Waals surface area contributed by atoms with Gasteiger partial charge in [0.25, 0.3) is 0 Å². The van der Waals surface area contributed by atoms with E-state index >= 15 is 0 Å². The van der Waals surface area contributed by atoms with Crippen LogP contribution in [0.15, 0.2) is 16.6 Å². The van der Waals surface area contributed by atoms with Crippen LogP contribution < -0.4 is 0 Å². The zero-order chi connectivity index (χ0) is 10.6. The zero-order valence-electron chi connectivity index (χ0n) is 7.66. The molecule has 1 aromatic heterocycles. The fraction of sp³-hybridized carbons (Fsp3) is 0.500. The highest BCUT2D eigenvalue weighted by molar-refractivity contribution is 7.10. The van der Waals surface area contributed by atoms with E-state index in [4.69, 9.17) is 5.53 Å². The van der Waals surface area contributed by atoms with Gasteiger partial charge in [-0.05, 0) is 29.5 Å². The first-order valence-corrected chi connectivity index (χ1v) is 4.95. The molecule has 0 aromatic carbocycles. The Kier molecular flexibility index (Phi) is 3.91. The van der Waals surface area contributed by atoms with E-state index in [1.54, 1.807) is 6.07 Å². The summed E-state index contributed by atoms with van der Waals surface area (Å²) in [4.78, 5) is 3.47. The molecule has 1 rings (SSSR count). The van der Waals surface area contributed by atoms with Crippen LogP contribution in [0.5, 0.6) is 0 Å². The summed E-state index contributed by atoms with van der Waals surface area (Å²) < 4.78 is 0. The molecule has 0 saturated carbocycles. The molecular weight excluding hydrogens is 202 g/mol. The lowest BCUT2D eigenvalue weighted by Crippen LogP contribution is -2.21. The van der Waals surface area contributed by atoms with E-state index in [-0.39, 0.29) is 6.54 Å². The van der Waals surface area contributed by atoms with Gasteiger partial charge in [-0.2, -0.15) is 0 Å². The van der Waals surface area contributed by atoms with Crippen LogP contribution in [0.25, 0.3) is 10.4 Å². The molecule has 1 aromatic rings. The first-order valence-electron chi connectivity index (χ1n) is 4.07. The molecule has 1 heterocycles. The van der Waals surface area contributed by atoms with Crippen LogP contribution in [0.3, 0.4) is 0 Å². The van der Waals surface area contributed by atoms with Crippen molar-refractivity contribution < 1.29 is 10.2 Å². The Hall–Kier alpha value is -1.07. The normalized spacial score (nSPS) is 14.5. The number of hydrogen-bond donors (Lipinski definition) is 2. The summed E-state index contributed by atoms with van der Waals surface area (Å²) >= 11 is 1.50. The Balaban J connectivity index is 2.69. The van der Waals surface area contributed by atoms with E-state index in [0.717, 1.165) is 4.88 Å². The third-order valence-electron chi connectivity index (χ3n) is 1.91. The smallest absolute Gasteiger partial charge is 0.106 e. The molecule has 0 fully saturated rings. The predicted molar refractivity (Wildman–Crippen MR) is 54.0 cm³/mol. The minimum atomic E-state index is -1.04. The maximum absolute atomic E-state index is 9.66. The molecule has 0 spiro atoms. The molecule has 2 atom stereocenters. The summed E-state index contributed by atoms with van der Waals surface area (Å²) in [5, 5.41) is 24.1. The van der Waals surface area contributed by atoms with Crippen molar-refractivity contribution in [1.82, 2.24) is 0 Å². The minimum absolute atomic E-state index is 0.118. The van der Waals surface area contributed by atoms with Gasteiger partial charge in [-0.3, -0.25) is 0 Å². The minimum Gasteiger partial charge on any atom is -0.390 e. The number of nitrogens with zero attached hydrogens (tertiary/aromatic N) is 3. The molecule has 0 aliphatic heterocycles. The first kappa shape index (κ1) is 11.0. The fourth-order valence-corrected chi connectivity index (χ4v) is 1.87. The number of aliphatic hydroxyl groups is 2. The van der Waals surface area contributed by atoms with Crippen LogP contribution in [0.2, 0.25) is 0 Å². The molecule has 0 saturated heterocycles. The number of aliphatic hydroxyl groups excluding tert-OH is 2. The summed E-state index contributed by atoms with van der Waals surface area (Å²) in [5.41, 5.74) is 8.74. The van der Waals surface area contributed by atoms with E-state index < -0.39 is 12.2 Å². The van der Waals surface area contributed by atoms with Crippen molar-refractivity contribution in [2.75, 3.05) is 6.54 Å². The van der Waals surface area contributed by atoms with Crippen LogP contribution in [0, 0.1) is 6.92 Å². The Bertz CT molecular complexity index is 346. The molecule has 0 aliphatic rings. The monoisotopic (exact) mass is 213 g/mol. The van der Waals surface area contributed by atoms with E-state index in [2.05, 4.69) is 10.0 Å². The van der Waals surface area contributed by atoms with Gasteiger partial charge in [0.1, 0.15) is 6.10 Å². The van der Waals surface area contributed by atoms with Crippen LogP contribution in [0.4, 0.5) is 0 Å². The second-order valence-electron chi connectivity index (χ2n) is 2.86. The van der Waals surface area contributed by atoms with Gasteiger partial charge in [-0.15, -0.1) is 11.3 Å². The number of aryl methyl sites for hydroxylation is 1. The zero-order valence-corrected chi connectivity index (χ0v) is 8.48. The summed E-state index contributed by atoms with van der Waals surface area (Å²) in [7, 11) is 0. The Morgan fingerprint density at radius 3 is 2.86 bits per heavy atom. The van der Waals surface area contributed by atoms with Crippen molar-refractivity contribution in [2.24, 2.45) is 5.11 Å². The van der Waals surface area contributed by atoms with Crippen LogP contribution in [-0.2, 0) is 0 Å². The van der Waals surface area contributed by atoms with Gasteiger partial charge in [-0.25, -0.2) is 0 Å². The Morgan fingerprint density at radius 2 is 2.36 bits per heavy atom. The van der Waals surface area contributed by atoms with Crippen LogP contribution in [-0.4, -0.2) is 22.9 Å². The van der Waals surface area contributed by atoms with Crippen LogP contribution in [0.1, 0.15) is 16.5 Å². The number of rotatable bonds is 4. The molecule has 14 heavy (non-hydrogen) atoms. The molecule has 0 bridgehead atoms. The average molecular weight is 213 g/mol.